The molecule has 3 N–H and O–H groups in total. The lowest BCUT2D eigenvalue weighted by Crippen LogP contribution is -2.01. The Morgan fingerprint density at radius 3 is 2.67 bits per heavy atom. The molecule has 2 aromatic rings. The first-order valence-electron chi connectivity index (χ1n) is 4.85. The number of nitriles is 1. The van der Waals surface area contributed by atoms with E-state index in [1.807, 2.05) is 0 Å². The molecular formula is C11H7Cl2N5. The number of rotatable bonds is 2. The topological polar surface area (TPSA) is 87.6 Å². The Hall–Kier alpha value is -2.03. The van der Waals surface area contributed by atoms with Crippen molar-refractivity contribution in [3.8, 4) is 17.3 Å². The Morgan fingerprint density at radius 2 is 2.06 bits per heavy atom. The van der Waals surface area contributed by atoms with Gasteiger partial charge in [0.2, 0.25) is 5.95 Å². The van der Waals surface area contributed by atoms with E-state index in [2.05, 4.69) is 15.3 Å². The summed E-state index contributed by atoms with van der Waals surface area (Å²) in [5.74, 6) is 0.371. The van der Waals surface area contributed by atoms with Crippen LogP contribution in [0.2, 0.25) is 10.0 Å². The van der Waals surface area contributed by atoms with E-state index in [1.54, 1.807) is 24.4 Å². The summed E-state index contributed by atoms with van der Waals surface area (Å²) >= 11 is 11.9. The molecule has 1 aromatic carbocycles. The number of halogens is 2. The van der Waals surface area contributed by atoms with Crippen LogP contribution in [0.3, 0.4) is 0 Å². The number of hydrogen-bond donors (Lipinski definition) is 2. The van der Waals surface area contributed by atoms with E-state index in [4.69, 9.17) is 34.2 Å². The lowest BCUT2D eigenvalue weighted by Gasteiger charge is -2.07. The van der Waals surface area contributed by atoms with Crippen molar-refractivity contribution >= 4 is 35.0 Å². The second-order valence-corrected chi connectivity index (χ2v) is 4.20. The van der Waals surface area contributed by atoms with Crippen LogP contribution in [-0.2, 0) is 0 Å². The van der Waals surface area contributed by atoms with Crippen molar-refractivity contribution in [2.45, 2.75) is 0 Å². The molecule has 2 rings (SSSR count). The predicted molar refractivity (Wildman–Crippen MR) is 71.1 cm³/mol. The number of aromatic nitrogens is 2. The molecule has 0 saturated heterocycles. The van der Waals surface area contributed by atoms with Crippen molar-refractivity contribution in [1.29, 1.82) is 5.26 Å². The Morgan fingerprint density at radius 1 is 1.28 bits per heavy atom. The summed E-state index contributed by atoms with van der Waals surface area (Å²) in [4.78, 5) is 7.90. The van der Waals surface area contributed by atoms with E-state index in [1.165, 1.54) is 6.20 Å². The molecule has 0 fully saturated rings. The van der Waals surface area contributed by atoms with Gasteiger partial charge in [-0.3, -0.25) is 5.32 Å². The van der Waals surface area contributed by atoms with Crippen LogP contribution in [0, 0.1) is 11.5 Å². The lowest BCUT2D eigenvalue weighted by atomic mass is 10.1. The second-order valence-electron chi connectivity index (χ2n) is 3.35. The summed E-state index contributed by atoms with van der Waals surface area (Å²) in [7, 11) is 0. The molecule has 0 radical (unpaired) electrons. The smallest absolute Gasteiger partial charge is 0.238 e. The number of hydrogen-bond acceptors (Lipinski definition) is 5. The first-order chi connectivity index (χ1) is 8.61. The minimum Gasteiger partial charge on any atom is -0.383 e. The van der Waals surface area contributed by atoms with Gasteiger partial charge in [0.15, 0.2) is 6.19 Å². The molecular weight excluding hydrogens is 273 g/mol. The summed E-state index contributed by atoms with van der Waals surface area (Å²) < 4.78 is 0. The van der Waals surface area contributed by atoms with Crippen molar-refractivity contribution in [2.75, 3.05) is 11.1 Å². The van der Waals surface area contributed by atoms with Crippen LogP contribution in [0.5, 0.6) is 0 Å². The number of nitrogens with zero attached hydrogens (tertiary/aromatic N) is 3. The quantitative estimate of drug-likeness (QED) is 0.652. The second kappa shape index (κ2) is 5.08. The molecule has 5 nitrogen and oxygen atoms in total. The van der Waals surface area contributed by atoms with Crippen molar-refractivity contribution in [1.82, 2.24) is 9.97 Å². The fourth-order valence-corrected chi connectivity index (χ4v) is 1.93. The van der Waals surface area contributed by atoms with Crippen LogP contribution >= 0.6 is 23.2 Å². The van der Waals surface area contributed by atoms with Crippen molar-refractivity contribution in [3.05, 3.63) is 34.4 Å². The largest absolute Gasteiger partial charge is 0.383 e. The molecule has 0 aliphatic rings. The van der Waals surface area contributed by atoms with Crippen LogP contribution in [0.15, 0.2) is 24.4 Å². The van der Waals surface area contributed by atoms with Gasteiger partial charge in [0.1, 0.15) is 5.82 Å². The Labute approximate surface area is 113 Å². The maximum absolute atomic E-state index is 8.45. The van der Waals surface area contributed by atoms with Gasteiger partial charge < -0.3 is 5.73 Å². The van der Waals surface area contributed by atoms with Crippen LogP contribution < -0.4 is 11.1 Å². The van der Waals surface area contributed by atoms with Crippen molar-refractivity contribution in [3.63, 3.8) is 0 Å². The predicted octanol–water partition coefficient (Wildman–Crippen LogP) is 2.93. The number of nitrogens with one attached hydrogen (secondary N) is 1. The molecule has 0 saturated carbocycles. The average molecular weight is 280 g/mol. The molecule has 0 amide bonds. The van der Waals surface area contributed by atoms with Gasteiger partial charge in [0, 0.05) is 22.3 Å². The molecule has 0 aliphatic carbocycles. The zero-order valence-electron chi connectivity index (χ0n) is 8.98. The lowest BCUT2D eigenvalue weighted by molar-refractivity contribution is 1.18. The van der Waals surface area contributed by atoms with E-state index in [9.17, 15) is 0 Å². The molecule has 90 valence electrons. The highest BCUT2D eigenvalue weighted by Gasteiger charge is 2.10. The molecule has 0 bridgehead atoms. The number of nitrogens with two attached hydrogens (primary N) is 1. The van der Waals surface area contributed by atoms with Crippen LogP contribution in [0.4, 0.5) is 11.8 Å². The molecule has 1 aromatic heterocycles. The molecule has 0 unspecified atom stereocenters. The van der Waals surface area contributed by atoms with E-state index in [0.717, 1.165) is 0 Å². The Balaban J connectivity index is 2.48. The molecule has 0 spiro atoms. The van der Waals surface area contributed by atoms with Gasteiger partial charge in [-0.1, -0.05) is 29.3 Å². The maximum atomic E-state index is 8.45. The SMILES string of the molecule is N#CNc1ncc(-c2ccc(Cl)cc2Cl)c(N)n1. The molecule has 7 heteroatoms. The number of benzene rings is 1. The first-order valence-corrected chi connectivity index (χ1v) is 5.60. The summed E-state index contributed by atoms with van der Waals surface area (Å²) in [6, 6.07) is 5.04. The van der Waals surface area contributed by atoms with Crippen LogP contribution in [0.1, 0.15) is 0 Å². The first kappa shape index (κ1) is 12.4. The fourth-order valence-electron chi connectivity index (χ4n) is 1.42. The Bertz CT molecular complexity index is 636. The summed E-state index contributed by atoms with van der Waals surface area (Å²) in [5, 5.41) is 11.7. The summed E-state index contributed by atoms with van der Waals surface area (Å²) in [6.45, 7) is 0. The van der Waals surface area contributed by atoms with E-state index < -0.39 is 0 Å². The van der Waals surface area contributed by atoms with E-state index >= 15 is 0 Å². The standard InChI is InChI=1S/C11H7Cl2N5/c12-6-1-2-7(9(13)3-6)8-4-16-11(17-5-14)18-10(8)15/h1-4H,(H3,15,16,17,18). The van der Waals surface area contributed by atoms with Crippen LogP contribution in [0.25, 0.3) is 11.1 Å². The van der Waals surface area contributed by atoms with Crippen molar-refractivity contribution in [2.24, 2.45) is 0 Å². The third-order valence-electron chi connectivity index (χ3n) is 2.21. The minimum atomic E-state index is 0.142. The van der Waals surface area contributed by atoms with Gasteiger partial charge >= 0.3 is 0 Å². The summed E-state index contributed by atoms with van der Waals surface area (Å²) in [5.41, 5.74) is 7.06. The highest BCUT2D eigenvalue weighted by Crippen LogP contribution is 2.32. The van der Waals surface area contributed by atoms with Crippen LogP contribution in [-0.4, -0.2) is 9.97 Å². The Kier molecular flexibility index (Phi) is 3.51. The number of anilines is 2. The minimum absolute atomic E-state index is 0.142. The zero-order chi connectivity index (χ0) is 13.1. The summed E-state index contributed by atoms with van der Waals surface area (Å²) in [6.07, 6.45) is 3.21. The average Bonchev–Trinajstić information content (AvgIpc) is 2.31. The monoisotopic (exact) mass is 279 g/mol. The maximum Gasteiger partial charge on any atom is 0.238 e. The van der Waals surface area contributed by atoms with Gasteiger partial charge in [-0.15, -0.1) is 0 Å². The van der Waals surface area contributed by atoms with Gasteiger partial charge in [-0.2, -0.15) is 10.2 Å². The third kappa shape index (κ3) is 2.45. The zero-order valence-corrected chi connectivity index (χ0v) is 10.5. The van der Waals surface area contributed by atoms with E-state index in [-0.39, 0.29) is 11.8 Å². The van der Waals surface area contributed by atoms with Gasteiger partial charge in [0.25, 0.3) is 0 Å². The van der Waals surface area contributed by atoms with Crippen molar-refractivity contribution < 1.29 is 0 Å². The van der Waals surface area contributed by atoms with Gasteiger partial charge in [-0.25, -0.2) is 4.98 Å². The normalized spacial score (nSPS) is 9.83. The molecule has 18 heavy (non-hydrogen) atoms. The van der Waals surface area contributed by atoms with Gasteiger partial charge in [-0.05, 0) is 12.1 Å². The molecule has 1 heterocycles. The fraction of sp³-hybridized carbons (Fsp3) is 0. The van der Waals surface area contributed by atoms with Gasteiger partial charge in [0.05, 0.1) is 5.02 Å². The number of nitrogen functional groups attached to an aromatic ring is 1. The molecule has 0 atom stereocenters. The highest BCUT2D eigenvalue weighted by molar-refractivity contribution is 6.36. The van der Waals surface area contributed by atoms with E-state index in [0.29, 0.717) is 21.2 Å². The highest BCUT2D eigenvalue weighted by atomic mass is 35.5. The third-order valence-corrected chi connectivity index (χ3v) is 2.76. The molecule has 0 aliphatic heterocycles.